The first kappa shape index (κ1) is 21.3. The summed E-state index contributed by atoms with van der Waals surface area (Å²) in [7, 11) is 1.64. The van der Waals surface area contributed by atoms with E-state index < -0.39 is 5.60 Å². The number of anilines is 1. The highest BCUT2D eigenvalue weighted by molar-refractivity contribution is 5.82. The molecule has 1 aromatic carbocycles. The number of hydrogen-bond acceptors (Lipinski definition) is 7. The lowest BCUT2D eigenvalue weighted by atomic mass is 9.61. The van der Waals surface area contributed by atoms with Gasteiger partial charge in [-0.1, -0.05) is 12.1 Å². The second kappa shape index (κ2) is 6.59. The maximum absolute atomic E-state index is 10.8. The first-order valence-corrected chi connectivity index (χ1v) is 12.5. The van der Waals surface area contributed by atoms with Crippen LogP contribution in [0.25, 0.3) is 16.7 Å². The minimum Gasteiger partial charge on any atom is -0.390 e. The third-order valence-corrected chi connectivity index (χ3v) is 9.49. The summed E-state index contributed by atoms with van der Waals surface area (Å²) in [6.07, 6.45) is 7.06. The van der Waals surface area contributed by atoms with Gasteiger partial charge in [0.1, 0.15) is 12.4 Å². The number of benzene rings is 1. The van der Waals surface area contributed by atoms with Gasteiger partial charge in [0, 0.05) is 36.6 Å². The Balaban J connectivity index is 1.30. The first-order valence-electron chi connectivity index (χ1n) is 12.5. The Morgan fingerprint density at radius 1 is 1.20 bits per heavy atom. The lowest BCUT2D eigenvalue weighted by Gasteiger charge is -2.45. The quantitative estimate of drug-likeness (QED) is 0.587. The summed E-state index contributed by atoms with van der Waals surface area (Å²) in [5.74, 6) is 2.15. The van der Waals surface area contributed by atoms with Crippen LogP contribution in [0, 0.1) is 22.2 Å². The molecular formula is C27H30N6O2. The van der Waals surface area contributed by atoms with Crippen LogP contribution in [0.5, 0.6) is 0 Å². The van der Waals surface area contributed by atoms with Crippen LogP contribution in [-0.4, -0.2) is 50.2 Å². The zero-order valence-corrected chi connectivity index (χ0v) is 20.5. The van der Waals surface area contributed by atoms with Crippen LogP contribution in [0.1, 0.15) is 57.3 Å². The van der Waals surface area contributed by atoms with Crippen LogP contribution in [0.4, 0.5) is 5.82 Å². The van der Waals surface area contributed by atoms with Crippen molar-refractivity contribution in [3.63, 3.8) is 0 Å². The first-order chi connectivity index (χ1) is 16.7. The summed E-state index contributed by atoms with van der Waals surface area (Å²) in [6.45, 7) is 4.92. The number of aliphatic hydroxyl groups is 1. The lowest BCUT2D eigenvalue weighted by Crippen LogP contribution is -2.50. The van der Waals surface area contributed by atoms with Gasteiger partial charge in [-0.3, -0.25) is 0 Å². The molecule has 1 unspecified atom stereocenters. The second-order valence-corrected chi connectivity index (χ2v) is 11.8. The van der Waals surface area contributed by atoms with E-state index in [-0.39, 0.29) is 16.2 Å². The fourth-order valence-corrected chi connectivity index (χ4v) is 6.84. The standard InChI is InChI=1S/C27H30N6O2/c1-24(2,34)26-10-19(11-26)32(16-26)22-9-23(31-21(30-22)13-35-3)33-20-8-18(5-4-17(20)12-29-33)27(15-28)14-25(27)6-7-25/h4-5,8-9,12,19,34H,6-7,10-11,13-14,16H2,1-3H3. The van der Waals surface area contributed by atoms with E-state index in [0.29, 0.717) is 24.3 Å². The molecule has 8 heteroatoms. The van der Waals surface area contributed by atoms with Crippen molar-refractivity contribution in [3.05, 3.63) is 41.9 Å². The number of fused-ring (bicyclic) bond motifs is 2. The van der Waals surface area contributed by atoms with E-state index in [9.17, 15) is 10.4 Å². The Kier molecular flexibility index (Phi) is 4.01. The Morgan fingerprint density at radius 3 is 2.60 bits per heavy atom. The molecule has 2 aromatic heterocycles. The zero-order valence-electron chi connectivity index (χ0n) is 20.5. The van der Waals surface area contributed by atoms with E-state index in [0.717, 1.165) is 60.9 Å². The monoisotopic (exact) mass is 470 g/mol. The van der Waals surface area contributed by atoms with Crippen LogP contribution in [0.15, 0.2) is 30.5 Å². The topological polar surface area (TPSA) is 100 Å². The van der Waals surface area contributed by atoms with Crippen molar-refractivity contribution in [3.8, 4) is 11.9 Å². The Morgan fingerprint density at radius 2 is 1.97 bits per heavy atom. The van der Waals surface area contributed by atoms with Crippen molar-refractivity contribution in [2.24, 2.45) is 10.8 Å². The van der Waals surface area contributed by atoms with Crippen molar-refractivity contribution in [1.82, 2.24) is 19.7 Å². The Labute approximate surface area is 204 Å². The van der Waals surface area contributed by atoms with Crippen LogP contribution in [-0.2, 0) is 16.8 Å². The molecule has 3 aromatic rings. The van der Waals surface area contributed by atoms with Crippen molar-refractivity contribution in [2.45, 2.75) is 69.6 Å². The summed E-state index contributed by atoms with van der Waals surface area (Å²) in [4.78, 5) is 11.9. The van der Waals surface area contributed by atoms with Crippen molar-refractivity contribution < 1.29 is 9.84 Å². The van der Waals surface area contributed by atoms with E-state index in [1.165, 1.54) is 0 Å². The Bertz CT molecular complexity index is 1410. The molecule has 3 saturated carbocycles. The van der Waals surface area contributed by atoms with Gasteiger partial charge < -0.3 is 14.7 Å². The van der Waals surface area contributed by atoms with Gasteiger partial charge in [-0.25, -0.2) is 14.6 Å². The van der Waals surface area contributed by atoms with Crippen LogP contribution < -0.4 is 4.90 Å². The fraction of sp³-hybridized carbons (Fsp3) is 0.556. The predicted octanol–water partition coefficient (Wildman–Crippen LogP) is 3.65. The smallest absolute Gasteiger partial charge is 0.159 e. The van der Waals surface area contributed by atoms with Gasteiger partial charge in [0.2, 0.25) is 0 Å². The molecule has 180 valence electrons. The average molecular weight is 471 g/mol. The Hall–Kier alpha value is -3.02. The molecule has 1 spiro atoms. The van der Waals surface area contributed by atoms with Gasteiger partial charge in [0.05, 0.1) is 28.8 Å². The maximum Gasteiger partial charge on any atom is 0.159 e. The molecule has 5 fully saturated rings. The second-order valence-electron chi connectivity index (χ2n) is 11.8. The van der Waals surface area contributed by atoms with E-state index in [2.05, 4.69) is 34.3 Å². The molecule has 0 radical (unpaired) electrons. The predicted molar refractivity (Wildman–Crippen MR) is 130 cm³/mol. The average Bonchev–Trinajstić information content (AvgIpc) is 3.49. The molecular weight excluding hydrogens is 440 g/mol. The van der Waals surface area contributed by atoms with Crippen LogP contribution >= 0.6 is 0 Å². The van der Waals surface area contributed by atoms with Crippen molar-refractivity contribution in [1.29, 1.82) is 5.26 Å². The van der Waals surface area contributed by atoms with E-state index in [4.69, 9.17) is 14.7 Å². The highest BCUT2D eigenvalue weighted by Gasteiger charge is 2.75. The third-order valence-electron chi connectivity index (χ3n) is 9.49. The SMILES string of the molecule is COCc1nc(N2CC3(C(C)(C)O)CC2C3)cc(-n2ncc3ccc(C4(C#N)CC45CC5)cc32)n1. The van der Waals surface area contributed by atoms with Crippen LogP contribution in [0.2, 0.25) is 0 Å². The van der Waals surface area contributed by atoms with Gasteiger partial charge in [-0.2, -0.15) is 10.4 Å². The molecule has 0 amide bonds. The van der Waals surface area contributed by atoms with Gasteiger partial charge in [0.25, 0.3) is 0 Å². The number of nitriles is 1. The van der Waals surface area contributed by atoms with Crippen molar-refractivity contribution in [2.75, 3.05) is 18.6 Å². The maximum atomic E-state index is 10.8. The normalized spacial score (nSPS) is 29.9. The molecule has 8 rings (SSSR count). The molecule has 2 saturated heterocycles. The number of hydrogen-bond donors (Lipinski definition) is 1. The molecule has 5 aliphatic rings. The summed E-state index contributed by atoms with van der Waals surface area (Å²) < 4.78 is 7.25. The third kappa shape index (κ3) is 2.77. The molecule has 2 aliphatic heterocycles. The number of ether oxygens (including phenoxy) is 1. The number of methoxy groups -OCH3 is 1. The van der Waals surface area contributed by atoms with E-state index in [1.54, 1.807) is 7.11 Å². The van der Waals surface area contributed by atoms with Gasteiger partial charge in [-0.05, 0) is 63.0 Å². The van der Waals surface area contributed by atoms with Gasteiger partial charge >= 0.3 is 0 Å². The minimum atomic E-state index is -0.726. The number of aromatic nitrogens is 4. The molecule has 1 atom stereocenters. The summed E-state index contributed by atoms with van der Waals surface area (Å²) >= 11 is 0. The molecule has 35 heavy (non-hydrogen) atoms. The van der Waals surface area contributed by atoms with Gasteiger partial charge in [-0.15, -0.1) is 0 Å². The molecule has 4 heterocycles. The number of rotatable bonds is 6. The highest BCUT2D eigenvalue weighted by atomic mass is 16.5. The van der Waals surface area contributed by atoms with Crippen LogP contribution in [0.3, 0.4) is 0 Å². The molecule has 3 aliphatic carbocycles. The summed E-state index contributed by atoms with van der Waals surface area (Å²) in [5, 5.41) is 26.5. The zero-order chi connectivity index (χ0) is 24.2. The summed E-state index contributed by atoms with van der Waals surface area (Å²) in [6, 6.07) is 11.3. The van der Waals surface area contributed by atoms with E-state index in [1.807, 2.05) is 30.8 Å². The molecule has 8 nitrogen and oxygen atoms in total. The number of nitrogens with zero attached hydrogens (tertiary/aromatic N) is 6. The molecule has 2 bridgehead atoms. The fourth-order valence-electron chi connectivity index (χ4n) is 6.84. The summed E-state index contributed by atoms with van der Waals surface area (Å²) in [5.41, 5.74) is 1.08. The lowest BCUT2D eigenvalue weighted by molar-refractivity contribution is -0.0754. The minimum absolute atomic E-state index is 0.0911. The van der Waals surface area contributed by atoms with Crippen molar-refractivity contribution >= 4 is 16.7 Å². The van der Waals surface area contributed by atoms with E-state index >= 15 is 0 Å². The highest BCUT2D eigenvalue weighted by Crippen LogP contribution is 2.78. The largest absolute Gasteiger partial charge is 0.390 e. The molecule has 1 N–H and O–H groups in total. The van der Waals surface area contributed by atoms with Gasteiger partial charge in [0.15, 0.2) is 11.6 Å².